The highest BCUT2D eigenvalue weighted by Gasteiger charge is 2.26. The highest BCUT2D eigenvalue weighted by molar-refractivity contribution is 5.84. The van der Waals surface area contributed by atoms with Gasteiger partial charge in [0, 0.05) is 35.7 Å². The minimum absolute atomic E-state index is 0.247. The molecule has 28 heavy (non-hydrogen) atoms. The Labute approximate surface area is 164 Å². The molecule has 1 N–H and O–H groups in total. The van der Waals surface area contributed by atoms with Crippen LogP contribution < -0.4 is 4.74 Å². The van der Waals surface area contributed by atoms with Crippen LogP contribution >= 0.6 is 0 Å². The Morgan fingerprint density at radius 3 is 2.89 bits per heavy atom. The Hall–Kier alpha value is -2.67. The zero-order chi connectivity index (χ0) is 19.4. The van der Waals surface area contributed by atoms with E-state index in [2.05, 4.69) is 26.7 Å². The summed E-state index contributed by atoms with van der Waals surface area (Å²) in [6.45, 7) is 6.80. The minimum Gasteiger partial charge on any atom is -0.507 e. The van der Waals surface area contributed by atoms with Gasteiger partial charge >= 0.3 is 0 Å². The van der Waals surface area contributed by atoms with Crippen molar-refractivity contribution in [3.05, 3.63) is 29.1 Å². The smallest absolute Gasteiger partial charge is 0.183 e. The zero-order valence-corrected chi connectivity index (χ0v) is 16.6. The second-order valence-electron chi connectivity index (χ2n) is 7.97. The summed E-state index contributed by atoms with van der Waals surface area (Å²) in [7, 11) is 2.16. The molecule has 0 bridgehead atoms. The lowest BCUT2D eigenvalue weighted by Gasteiger charge is -2.31. The molecular weight excluding hydrogens is 354 g/mol. The quantitative estimate of drug-likeness (QED) is 0.738. The number of imidazole rings is 1. The number of hydrogen-bond acceptors (Lipinski definition) is 6. The van der Waals surface area contributed by atoms with Crippen molar-refractivity contribution in [3.63, 3.8) is 0 Å². The molecule has 5 rings (SSSR count). The molecule has 0 saturated carbocycles. The van der Waals surface area contributed by atoms with Crippen molar-refractivity contribution >= 4 is 11.2 Å². The maximum absolute atomic E-state index is 10.8. The SMILES string of the molecule is Cc1c(-c2ccc3c(c2O)CCO3)nnc2c1nc(C)n2[C@@H]1CCCN(C)C1. The number of aromatic hydroxyl groups is 1. The Morgan fingerprint density at radius 1 is 1.21 bits per heavy atom. The lowest BCUT2D eigenvalue weighted by atomic mass is 10.0. The van der Waals surface area contributed by atoms with E-state index in [0.717, 1.165) is 53.4 Å². The second kappa shape index (κ2) is 6.44. The van der Waals surface area contributed by atoms with Gasteiger partial charge < -0.3 is 19.3 Å². The number of phenolic OH excluding ortho intramolecular Hbond substituents is 1. The van der Waals surface area contributed by atoms with E-state index in [1.54, 1.807) is 0 Å². The van der Waals surface area contributed by atoms with Crippen LogP contribution in [0.15, 0.2) is 12.1 Å². The number of hydrogen-bond donors (Lipinski definition) is 1. The molecular formula is C21H25N5O2. The third-order valence-corrected chi connectivity index (χ3v) is 6.09. The summed E-state index contributed by atoms with van der Waals surface area (Å²) in [6, 6.07) is 4.14. The average Bonchev–Trinajstić information content (AvgIpc) is 3.28. The fourth-order valence-corrected chi connectivity index (χ4v) is 4.66. The van der Waals surface area contributed by atoms with Crippen molar-refractivity contribution in [3.8, 4) is 22.8 Å². The van der Waals surface area contributed by atoms with Crippen molar-refractivity contribution in [2.75, 3.05) is 26.7 Å². The number of aromatic nitrogens is 4. The molecule has 0 radical (unpaired) electrons. The van der Waals surface area contributed by atoms with Crippen LogP contribution in [-0.4, -0.2) is 56.5 Å². The number of aryl methyl sites for hydroxylation is 2. The maximum Gasteiger partial charge on any atom is 0.183 e. The fraction of sp³-hybridized carbons (Fsp3) is 0.476. The average molecular weight is 379 g/mol. The van der Waals surface area contributed by atoms with E-state index in [1.807, 2.05) is 26.0 Å². The molecule has 1 fully saturated rings. The molecule has 7 heteroatoms. The van der Waals surface area contributed by atoms with Crippen LogP contribution in [0.1, 0.15) is 35.8 Å². The highest BCUT2D eigenvalue weighted by Crippen LogP contribution is 2.41. The fourth-order valence-electron chi connectivity index (χ4n) is 4.66. The lowest BCUT2D eigenvalue weighted by Crippen LogP contribution is -2.34. The molecule has 0 spiro atoms. The summed E-state index contributed by atoms with van der Waals surface area (Å²) in [5.74, 6) is 1.97. The standard InChI is InChI=1S/C21H25N5O2/c1-12-18(16-6-7-17-15(20(16)27)8-10-28-17)23-24-21-19(12)22-13(2)26(21)14-5-4-9-25(3)11-14/h6-7,14,27H,4-5,8-11H2,1-3H3/t14-/m1/s1. The van der Waals surface area contributed by atoms with Crippen molar-refractivity contribution in [2.45, 2.75) is 39.2 Å². The van der Waals surface area contributed by atoms with Crippen LogP contribution in [0.5, 0.6) is 11.5 Å². The van der Waals surface area contributed by atoms with Crippen molar-refractivity contribution in [1.82, 2.24) is 24.6 Å². The summed E-state index contributed by atoms with van der Waals surface area (Å²) in [5, 5.41) is 19.9. The normalized spacial score (nSPS) is 19.8. The first-order valence-electron chi connectivity index (χ1n) is 9.93. The number of nitrogens with zero attached hydrogens (tertiary/aromatic N) is 5. The predicted molar refractivity (Wildman–Crippen MR) is 107 cm³/mol. The summed E-state index contributed by atoms with van der Waals surface area (Å²) >= 11 is 0. The van der Waals surface area contributed by atoms with Gasteiger partial charge in [-0.3, -0.25) is 0 Å². The van der Waals surface area contributed by atoms with Gasteiger partial charge in [-0.2, -0.15) is 0 Å². The van der Waals surface area contributed by atoms with Gasteiger partial charge in [-0.1, -0.05) is 0 Å². The van der Waals surface area contributed by atoms with Crippen molar-refractivity contribution in [2.24, 2.45) is 0 Å². The Kier molecular flexibility index (Phi) is 4.01. The van der Waals surface area contributed by atoms with Crippen molar-refractivity contribution < 1.29 is 9.84 Å². The van der Waals surface area contributed by atoms with Gasteiger partial charge in [-0.25, -0.2) is 4.98 Å². The van der Waals surface area contributed by atoms with Crippen LogP contribution in [0, 0.1) is 13.8 Å². The molecule has 1 aromatic carbocycles. The Morgan fingerprint density at radius 2 is 2.07 bits per heavy atom. The predicted octanol–water partition coefficient (Wildman–Crippen LogP) is 3.02. The topological polar surface area (TPSA) is 76.3 Å². The van der Waals surface area contributed by atoms with E-state index in [1.165, 1.54) is 6.42 Å². The number of ether oxygens (including phenoxy) is 1. The molecule has 2 aliphatic heterocycles. The number of benzene rings is 1. The van der Waals surface area contributed by atoms with E-state index < -0.39 is 0 Å². The summed E-state index contributed by atoms with van der Waals surface area (Å²) in [6.07, 6.45) is 3.02. The highest BCUT2D eigenvalue weighted by atomic mass is 16.5. The van der Waals surface area contributed by atoms with Crippen LogP contribution in [0.3, 0.4) is 0 Å². The molecule has 2 aromatic heterocycles. The number of rotatable bonds is 2. The maximum atomic E-state index is 10.8. The minimum atomic E-state index is 0.247. The Balaban J connectivity index is 1.63. The van der Waals surface area contributed by atoms with Gasteiger partial charge in [0.2, 0.25) is 0 Å². The van der Waals surface area contributed by atoms with E-state index in [4.69, 9.17) is 9.72 Å². The van der Waals surface area contributed by atoms with E-state index in [-0.39, 0.29) is 5.75 Å². The molecule has 0 unspecified atom stereocenters. The van der Waals surface area contributed by atoms with Crippen molar-refractivity contribution in [1.29, 1.82) is 0 Å². The van der Waals surface area contributed by atoms with Gasteiger partial charge in [0.25, 0.3) is 0 Å². The van der Waals surface area contributed by atoms with E-state index >= 15 is 0 Å². The third kappa shape index (κ3) is 2.57. The summed E-state index contributed by atoms with van der Waals surface area (Å²) in [4.78, 5) is 7.20. The molecule has 4 heterocycles. The number of fused-ring (bicyclic) bond motifs is 2. The summed E-state index contributed by atoms with van der Waals surface area (Å²) < 4.78 is 7.79. The van der Waals surface area contributed by atoms with Gasteiger partial charge in [0.15, 0.2) is 5.65 Å². The van der Waals surface area contributed by atoms with Gasteiger partial charge in [0.05, 0.1) is 6.61 Å². The van der Waals surface area contributed by atoms with E-state index in [9.17, 15) is 5.11 Å². The van der Waals surface area contributed by atoms with Crippen LogP contribution in [0.4, 0.5) is 0 Å². The first-order valence-corrected chi connectivity index (χ1v) is 9.93. The Bertz CT molecular complexity index is 1070. The summed E-state index contributed by atoms with van der Waals surface area (Å²) in [5.41, 5.74) is 4.89. The molecule has 146 valence electrons. The van der Waals surface area contributed by atoms with Crippen LogP contribution in [0.2, 0.25) is 0 Å². The molecule has 1 atom stereocenters. The number of likely N-dealkylation sites (N-methyl/N-ethyl adjacent to an activating group) is 1. The molecule has 2 aliphatic rings. The number of piperidine rings is 1. The molecule has 3 aromatic rings. The number of likely N-dealkylation sites (tertiary alicyclic amines) is 1. The van der Waals surface area contributed by atoms with Crippen LogP contribution in [-0.2, 0) is 6.42 Å². The molecule has 7 nitrogen and oxygen atoms in total. The monoisotopic (exact) mass is 379 g/mol. The zero-order valence-electron chi connectivity index (χ0n) is 16.6. The second-order valence-corrected chi connectivity index (χ2v) is 7.97. The third-order valence-electron chi connectivity index (χ3n) is 6.09. The van der Waals surface area contributed by atoms with Crippen LogP contribution in [0.25, 0.3) is 22.4 Å². The largest absolute Gasteiger partial charge is 0.507 e. The van der Waals surface area contributed by atoms with Gasteiger partial charge in [-0.15, -0.1) is 10.2 Å². The first kappa shape index (κ1) is 17.4. The molecule has 0 aliphatic carbocycles. The van der Waals surface area contributed by atoms with Gasteiger partial charge in [0.1, 0.15) is 28.5 Å². The van der Waals surface area contributed by atoms with Gasteiger partial charge in [-0.05, 0) is 52.4 Å². The molecule has 0 amide bonds. The number of phenols is 1. The van der Waals surface area contributed by atoms with E-state index in [0.29, 0.717) is 30.3 Å². The molecule has 1 saturated heterocycles. The lowest BCUT2D eigenvalue weighted by molar-refractivity contribution is 0.212. The first-order chi connectivity index (χ1) is 13.5.